The highest BCUT2D eigenvalue weighted by Gasteiger charge is 2.35. The minimum absolute atomic E-state index is 0.393. The molecule has 2 nitrogen and oxygen atoms in total. The lowest BCUT2D eigenvalue weighted by molar-refractivity contribution is -0.195. The van der Waals surface area contributed by atoms with Crippen LogP contribution >= 0.6 is 0 Å². The average molecular weight is 169 g/mol. The molecule has 0 spiro atoms. The van der Waals surface area contributed by atoms with Gasteiger partial charge in [0.2, 0.25) is 0 Å². The second-order valence-electron chi connectivity index (χ2n) is 4.42. The second kappa shape index (κ2) is 3.35. The Labute approximate surface area is 74.5 Å². The van der Waals surface area contributed by atoms with Crippen molar-refractivity contribution in [3.63, 3.8) is 0 Å². The Morgan fingerprint density at radius 3 is 2.67 bits per heavy atom. The summed E-state index contributed by atoms with van der Waals surface area (Å²) in [6.07, 6.45) is 7.76. The van der Waals surface area contributed by atoms with Gasteiger partial charge in [-0.05, 0) is 38.5 Å². The van der Waals surface area contributed by atoms with E-state index in [9.17, 15) is 5.21 Å². The Kier molecular flexibility index (Phi) is 2.37. The molecule has 2 heteroatoms. The minimum Gasteiger partial charge on any atom is -0.313 e. The van der Waals surface area contributed by atoms with E-state index in [0.717, 1.165) is 5.92 Å². The first kappa shape index (κ1) is 8.52. The molecule has 3 atom stereocenters. The van der Waals surface area contributed by atoms with E-state index in [1.54, 1.807) is 5.06 Å². The van der Waals surface area contributed by atoms with E-state index in [1.807, 2.05) is 0 Å². The molecule has 1 heterocycles. The normalized spacial score (nSPS) is 44.0. The highest BCUT2D eigenvalue weighted by atomic mass is 16.5. The first-order valence-corrected chi connectivity index (χ1v) is 5.26. The summed E-state index contributed by atoms with van der Waals surface area (Å²) in [6, 6.07) is 0.881. The van der Waals surface area contributed by atoms with Gasteiger partial charge in [-0.15, -0.1) is 0 Å². The van der Waals surface area contributed by atoms with Crippen molar-refractivity contribution >= 4 is 0 Å². The Morgan fingerprint density at radius 1 is 1.08 bits per heavy atom. The number of fused-ring (bicyclic) bond motifs is 1. The first-order valence-electron chi connectivity index (χ1n) is 5.26. The highest BCUT2D eigenvalue weighted by Crippen LogP contribution is 2.36. The van der Waals surface area contributed by atoms with Crippen LogP contribution < -0.4 is 0 Å². The monoisotopic (exact) mass is 169 g/mol. The molecule has 1 N–H and O–H groups in total. The maximum absolute atomic E-state index is 9.81. The average Bonchev–Trinajstić information content (AvgIpc) is 2.12. The van der Waals surface area contributed by atoms with Gasteiger partial charge in [-0.2, -0.15) is 5.06 Å². The van der Waals surface area contributed by atoms with Crippen LogP contribution in [0.3, 0.4) is 0 Å². The van der Waals surface area contributed by atoms with Crippen molar-refractivity contribution in [1.82, 2.24) is 5.06 Å². The van der Waals surface area contributed by atoms with Crippen molar-refractivity contribution in [2.45, 2.75) is 57.5 Å². The van der Waals surface area contributed by atoms with Gasteiger partial charge in [0.15, 0.2) is 0 Å². The van der Waals surface area contributed by atoms with E-state index in [1.165, 1.54) is 38.5 Å². The number of hydroxylamine groups is 2. The van der Waals surface area contributed by atoms with Gasteiger partial charge >= 0.3 is 0 Å². The Hall–Kier alpha value is -0.0800. The second-order valence-corrected chi connectivity index (χ2v) is 4.42. The minimum atomic E-state index is 0.393. The van der Waals surface area contributed by atoms with Gasteiger partial charge in [-0.1, -0.05) is 12.8 Å². The zero-order valence-electron chi connectivity index (χ0n) is 7.87. The summed E-state index contributed by atoms with van der Waals surface area (Å²) in [5.74, 6) is 0.792. The van der Waals surface area contributed by atoms with Crippen molar-refractivity contribution in [2.24, 2.45) is 5.92 Å². The van der Waals surface area contributed by atoms with Crippen LogP contribution in [-0.4, -0.2) is 22.4 Å². The first-order chi connectivity index (χ1) is 5.79. The largest absolute Gasteiger partial charge is 0.313 e. The predicted octanol–water partition coefficient (Wildman–Crippen LogP) is 2.42. The van der Waals surface area contributed by atoms with E-state index in [2.05, 4.69) is 6.92 Å². The molecule has 1 aliphatic carbocycles. The highest BCUT2D eigenvalue weighted by molar-refractivity contribution is 4.86. The van der Waals surface area contributed by atoms with Crippen molar-refractivity contribution < 1.29 is 5.21 Å². The summed E-state index contributed by atoms with van der Waals surface area (Å²) < 4.78 is 0. The Balaban J connectivity index is 2.03. The third-order valence-electron chi connectivity index (χ3n) is 3.62. The summed E-state index contributed by atoms with van der Waals surface area (Å²) in [5.41, 5.74) is 0. The lowest BCUT2D eigenvalue weighted by Gasteiger charge is -2.44. The predicted molar refractivity (Wildman–Crippen MR) is 48.1 cm³/mol. The molecule has 0 aromatic rings. The van der Waals surface area contributed by atoms with E-state index in [-0.39, 0.29) is 0 Å². The zero-order chi connectivity index (χ0) is 8.55. The van der Waals surface area contributed by atoms with Crippen LogP contribution in [0.15, 0.2) is 0 Å². The fourth-order valence-electron chi connectivity index (χ4n) is 2.79. The van der Waals surface area contributed by atoms with Gasteiger partial charge < -0.3 is 5.21 Å². The molecule has 2 rings (SSSR count). The van der Waals surface area contributed by atoms with E-state index in [0.29, 0.717) is 12.1 Å². The number of piperidine rings is 1. The van der Waals surface area contributed by atoms with Crippen LogP contribution in [0, 0.1) is 5.92 Å². The molecular weight excluding hydrogens is 150 g/mol. The smallest absolute Gasteiger partial charge is 0.0381 e. The Morgan fingerprint density at radius 2 is 1.83 bits per heavy atom. The Bertz CT molecular complexity index is 158. The number of hydrogen-bond donors (Lipinski definition) is 1. The van der Waals surface area contributed by atoms with Gasteiger partial charge in [0, 0.05) is 12.1 Å². The maximum atomic E-state index is 9.81. The van der Waals surface area contributed by atoms with Gasteiger partial charge in [0.25, 0.3) is 0 Å². The zero-order valence-corrected chi connectivity index (χ0v) is 7.87. The lowest BCUT2D eigenvalue weighted by atomic mass is 9.78. The summed E-state index contributed by atoms with van der Waals surface area (Å²) in [5, 5.41) is 11.4. The molecule has 0 bridgehead atoms. The molecule has 0 aromatic heterocycles. The van der Waals surface area contributed by atoms with Crippen LogP contribution in [0.4, 0.5) is 0 Å². The van der Waals surface area contributed by atoms with Crippen LogP contribution in [0.2, 0.25) is 0 Å². The molecule has 3 unspecified atom stereocenters. The lowest BCUT2D eigenvalue weighted by Crippen LogP contribution is -2.49. The van der Waals surface area contributed by atoms with E-state index in [4.69, 9.17) is 0 Å². The number of nitrogens with zero attached hydrogens (tertiary/aromatic N) is 1. The molecule has 0 amide bonds. The number of hydrogen-bond acceptors (Lipinski definition) is 2. The standard InChI is InChI=1S/C10H19NO/c1-8-6-7-9-4-2-3-5-10(9)11(8)12/h8-10,12H,2-7H2,1H3. The summed E-state index contributed by atoms with van der Waals surface area (Å²) in [4.78, 5) is 0. The van der Waals surface area contributed by atoms with Gasteiger partial charge in [0.05, 0.1) is 0 Å². The molecule has 1 saturated heterocycles. The van der Waals surface area contributed by atoms with Gasteiger partial charge in [-0.3, -0.25) is 0 Å². The molecule has 2 aliphatic rings. The molecule has 70 valence electrons. The van der Waals surface area contributed by atoms with Gasteiger partial charge in [0.1, 0.15) is 0 Å². The SMILES string of the molecule is CC1CCC2CCCCC2N1O. The van der Waals surface area contributed by atoms with E-state index >= 15 is 0 Å². The molecule has 0 aromatic carbocycles. The molecular formula is C10H19NO. The van der Waals surface area contributed by atoms with Crippen molar-refractivity contribution in [1.29, 1.82) is 0 Å². The topological polar surface area (TPSA) is 23.5 Å². The molecule has 2 fully saturated rings. The fourth-order valence-corrected chi connectivity index (χ4v) is 2.79. The fraction of sp³-hybridized carbons (Fsp3) is 1.00. The molecule has 1 aliphatic heterocycles. The molecule has 12 heavy (non-hydrogen) atoms. The van der Waals surface area contributed by atoms with Crippen molar-refractivity contribution in [2.75, 3.05) is 0 Å². The van der Waals surface area contributed by atoms with Crippen LogP contribution in [-0.2, 0) is 0 Å². The summed E-state index contributed by atoms with van der Waals surface area (Å²) >= 11 is 0. The number of rotatable bonds is 0. The van der Waals surface area contributed by atoms with Crippen molar-refractivity contribution in [3.05, 3.63) is 0 Å². The van der Waals surface area contributed by atoms with Gasteiger partial charge in [-0.25, -0.2) is 0 Å². The maximum Gasteiger partial charge on any atom is 0.0381 e. The molecule has 1 saturated carbocycles. The summed E-state index contributed by atoms with van der Waals surface area (Å²) in [7, 11) is 0. The van der Waals surface area contributed by atoms with Crippen LogP contribution in [0.1, 0.15) is 45.4 Å². The van der Waals surface area contributed by atoms with E-state index < -0.39 is 0 Å². The summed E-state index contributed by atoms with van der Waals surface area (Å²) in [6.45, 7) is 2.13. The third kappa shape index (κ3) is 1.38. The van der Waals surface area contributed by atoms with Crippen LogP contribution in [0.5, 0.6) is 0 Å². The quantitative estimate of drug-likeness (QED) is 0.602. The van der Waals surface area contributed by atoms with Crippen molar-refractivity contribution in [3.8, 4) is 0 Å². The third-order valence-corrected chi connectivity index (χ3v) is 3.62. The van der Waals surface area contributed by atoms with Crippen LogP contribution in [0.25, 0.3) is 0 Å². The molecule has 0 radical (unpaired) electrons.